The minimum atomic E-state index is 0.0643. The van der Waals surface area contributed by atoms with Gasteiger partial charge in [0.15, 0.2) is 0 Å². The van der Waals surface area contributed by atoms with Crippen LogP contribution in [0.2, 0.25) is 0 Å². The monoisotopic (exact) mass is 411 g/mol. The first-order valence-electron chi connectivity index (χ1n) is 11.4. The highest BCUT2D eigenvalue weighted by Gasteiger charge is 2.29. The molecule has 4 rings (SSSR count). The van der Waals surface area contributed by atoms with Gasteiger partial charge in [0.05, 0.1) is 18.2 Å². The van der Waals surface area contributed by atoms with Crippen molar-refractivity contribution in [2.45, 2.75) is 58.0 Å². The average Bonchev–Trinajstić information content (AvgIpc) is 3.43. The van der Waals surface area contributed by atoms with E-state index >= 15 is 0 Å². The number of carbonyl (C=O) groups excluding carboxylic acids is 1. The lowest BCUT2D eigenvalue weighted by atomic mass is 9.97. The maximum Gasteiger partial charge on any atom is 0.234 e. The Hall–Kier alpha value is -2.17. The third-order valence-electron chi connectivity index (χ3n) is 6.53. The molecule has 0 saturated carbocycles. The normalized spacial score (nSPS) is 21.7. The molecule has 3 aliphatic rings. The van der Waals surface area contributed by atoms with Crippen molar-refractivity contribution < 1.29 is 9.53 Å². The number of hydrogen-bond acceptors (Lipinski definition) is 6. The fraction of sp³-hybridized carbons (Fsp3) is 0.696. The molecule has 1 aromatic heterocycles. The van der Waals surface area contributed by atoms with Crippen LogP contribution >= 0.6 is 0 Å². The van der Waals surface area contributed by atoms with E-state index in [1.807, 2.05) is 0 Å². The van der Waals surface area contributed by atoms with Gasteiger partial charge in [-0.15, -0.1) is 0 Å². The largest absolute Gasteiger partial charge is 0.376 e. The molecule has 0 radical (unpaired) electrons. The van der Waals surface area contributed by atoms with Gasteiger partial charge in [0, 0.05) is 45.0 Å². The summed E-state index contributed by atoms with van der Waals surface area (Å²) >= 11 is 0. The number of pyridine rings is 1. The van der Waals surface area contributed by atoms with Crippen molar-refractivity contribution in [3.63, 3.8) is 0 Å². The van der Waals surface area contributed by atoms with Crippen LogP contribution in [-0.2, 0) is 22.4 Å². The van der Waals surface area contributed by atoms with Crippen molar-refractivity contribution in [1.82, 2.24) is 15.2 Å². The molecule has 1 atom stereocenters. The molecule has 1 aliphatic carbocycles. The zero-order valence-electron chi connectivity index (χ0n) is 18.2. The van der Waals surface area contributed by atoms with Crippen molar-refractivity contribution in [2.75, 3.05) is 50.8 Å². The molecule has 0 bridgehead atoms. The number of carbonyl (C=O) groups is 1. The summed E-state index contributed by atoms with van der Waals surface area (Å²) in [6.45, 7) is 9.38. The third kappa shape index (κ3) is 4.45. The molecule has 0 aromatic carbocycles. The van der Waals surface area contributed by atoms with Crippen LogP contribution in [0, 0.1) is 11.3 Å². The third-order valence-corrected chi connectivity index (χ3v) is 6.53. The molecular weight excluding hydrogens is 378 g/mol. The zero-order chi connectivity index (χ0) is 21.1. The van der Waals surface area contributed by atoms with Crippen LogP contribution in [0.15, 0.2) is 0 Å². The summed E-state index contributed by atoms with van der Waals surface area (Å²) in [4.78, 5) is 21.7. The highest BCUT2D eigenvalue weighted by atomic mass is 16.5. The van der Waals surface area contributed by atoms with E-state index in [1.54, 1.807) is 0 Å². The van der Waals surface area contributed by atoms with Gasteiger partial charge in [-0.2, -0.15) is 5.26 Å². The predicted octanol–water partition coefficient (Wildman–Crippen LogP) is 1.98. The number of anilines is 1. The second-order valence-electron chi connectivity index (χ2n) is 8.98. The lowest BCUT2D eigenvalue weighted by molar-refractivity contribution is -0.122. The van der Waals surface area contributed by atoms with Crippen LogP contribution in [0.1, 0.15) is 61.4 Å². The predicted molar refractivity (Wildman–Crippen MR) is 116 cm³/mol. The van der Waals surface area contributed by atoms with E-state index in [-0.39, 0.29) is 12.0 Å². The van der Waals surface area contributed by atoms with E-state index in [1.165, 1.54) is 11.1 Å². The highest BCUT2D eigenvalue weighted by molar-refractivity contribution is 5.78. The smallest absolute Gasteiger partial charge is 0.234 e. The van der Waals surface area contributed by atoms with Gasteiger partial charge in [-0.1, -0.05) is 13.8 Å². The molecule has 30 heavy (non-hydrogen) atoms. The molecule has 3 heterocycles. The van der Waals surface area contributed by atoms with E-state index in [0.717, 1.165) is 82.0 Å². The van der Waals surface area contributed by atoms with Gasteiger partial charge in [0.25, 0.3) is 0 Å². The molecule has 7 nitrogen and oxygen atoms in total. The van der Waals surface area contributed by atoms with E-state index < -0.39 is 0 Å². The van der Waals surface area contributed by atoms with Crippen molar-refractivity contribution in [1.29, 1.82) is 5.26 Å². The van der Waals surface area contributed by atoms with Crippen LogP contribution < -0.4 is 10.2 Å². The van der Waals surface area contributed by atoms with Crippen LogP contribution in [0.4, 0.5) is 5.82 Å². The van der Waals surface area contributed by atoms with Gasteiger partial charge in [0.1, 0.15) is 11.9 Å². The SMILES string of the molecule is CC(C)c1nc(N2CCN(CC(=O)NC[C@@H]3CCCO3)CC2)c(C#N)c2c1CCC2. The number of ether oxygens (including phenoxy) is 1. The first-order chi connectivity index (χ1) is 14.6. The molecule has 0 unspecified atom stereocenters. The van der Waals surface area contributed by atoms with Gasteiger partial charge >= 0.3 is 0 Å². The second kappa shape index (κ2) is 9.32. The molecule has 1 amide bonds. The number of amides is 1. The summed E-state index contributed by atoms with van der Waals surface area (Å²) in [5.74, 6) is 1.27. The Morgan fingerprint density at radius 1 is 1.23 bits per heavy atom. The van der Waals surface area contributed by atoms with E-state index in [4.69, 9.17) is 9.72 Å². The summed E-state index contributed by atoms with van der Waals surface area (Å²) in [7, 11) is 0. The first kappa shape index (κ1) is 21.1. The molecule has 2 aliphatic heterocycles. The molecular formula is C23H33N5O2. The fourth-order valence-corrected chi connectivity index (χ4v) is 4.91. The van der Waals surface area contributed by atoms with Crippen molar-refractivity contribution >= 4 is 11.7 Å². The molecule has 0 spiro atoms. The van der Waals surface area contributed by atoms with Gasteiger partial charge in [-0.05, 0) is 49.1 Å². The number of nitriles is 1. The van der Waals surface area contributed by atoms with Gasteiger partial charge in [-0.3, -0.25) is 9.69 Å². The maximum absolute atomic E-state index is 12.3. The number of nitrogens with one attached hydrogen (secondary N) is 1. The molecule has 162 valence electrons. The van der Waals surface area contributed by atoms with Gasteiger partial charge in [0.2, 0.25) is 5.91 Å². The Morgan fingerprint density at radius 2 is 2.00 bits per heavy atom. The number of nitrogens with zero attached hydrogens (tertiary/aromatic N) is 4. The highest BCUT2D eigenvalue weighted by Crippen LogP contribution is 2.35. The molecule has 1 aromatic rings. The average molecular weight is 412 g/mol. The number of rotatable bonds is 6. The zero-order valence-corrected chi connectivity index (χ0v) is 18.2. The number of piperazine rings is 1. The Kier molecular flexibility index (Phi) is 6.55. The number of aromatic nitrogens is 1. The Labute approximate surface area is 179 Å². The van der Waals surface area contributed by atoms with Crippen LogP contribution in [0.3, 0.4) is 0 Å². The fourth-order valence-electron chi connectivity index (χ4n) is 4.91. The summed E-state index contributed by atoms with van der Waals surface area (Å²) < 4.78 is 5.57. The summed E-state index contributed by atoms with van der Waals surface area (Å²) in [6.07, 6.45) is 5.44. The number of hydrogen-bond donors (Lipinski definition) is 1. The Bertz CT molecular complexity index is 818. The van der Waals surface area contributed by atoms with E-state index in [0.29, 0.717) is 19.0 Å². The van der Waals surface area contributed by atoms with Crippen molar-refractivity contribution in [2.24, 2.45) is 0 Å². The quantitative estimate of drug-likeness (QED) is 0.771. The second-order valence-corrected chi connectivity index (χ2v) is 8.98. The maximum atomic E-state index is 12.3. The van der Waals surface area contributed by atoms with E-state index in [2.05, 4.69) is 35.0 Å². The lowest BCUT2D eigenvalue weighted by Gasteiger charge is -2.36. The topological polar surface area (TPSA) is 81.5 Å². The summed E-state index contributed by atoms with van der Waals surface area (Å²) in [5.41, 5.74) is 4.47. The first-order valence-corrected chi connectivity index (χ1v) is 11.4. The lowest BCUT2D eigenvalue weighted by Crippen LogP contribution is -2.50. The number of fused-ring (bicyclic) bond motifs is 1. The molecule has 2 saturated heterocycles. The summed E-state index contributed by atoms with van der Waals surface area (Å²) in [5, 5.41) is 12.9. The van der Waals surface area contributed by atoms with Crippen LogP contribution in [-0.4, -0.2) is 67.8 Å². The minimum absolute atomic E-state index is 0.0643. The Balaban J connectivity index is 1.37. The molecule has 7 heteroatoms. The summed E-state index contributed by atoms with van der Waals surface area (Å²) in [6, 6.07) is 2.45. The van der Waals surface area contributed by atoms with E-state index in [9.17, 15) is 10.1 Å². The standard InChI is InChI=1S/C23H33N5O2/c1-16(2)22-19-7-3-6-18(19)20(13-24)23(26-22)28-10-8-27(9-11-28)15-21(29)25-14-17-5-4-12-30-17/h16-17H,3-12,14-15H2,1-2H3,(H,25,29)/t17-/m0/s1. The van der Waals surface area contributed by atoms with Crippen LogP contribution in [0.5, 0.6) is 0 Å². The minimum Gasteiger partial charge on any atom is -0.376 e. The Morgan fingerprint density at radius 3 is 2.67 bits per heavy atom. The van der Waals surface area contributed by atoms with Gasteiger partial charge < -0.3 is 15.0 Å². The van der Waals surface area contributed by atoms with Crippen molar-refractivity contribution in [3.8, 4) is 6.07 Å². The van der Waals surface area contributed by atoms with Crippen molar-refractivity contribution in [3.05, 3.63) is 22.4 Å². The van der Waals surface area contributed by atoms with Gasteiger partial charge in [-0.25, -0.2) is 4.98 Å². The molecule has 1 N–H and O–H groups in total. The molecule has 2 fully saturated rings. The van der Waals surface area contributed by atoms with Crippen LogP contribution in [0.25, 0.3) is 0 Å².